The first-order chi connectivity index (χ1) is 6.49. The molecule has 0 aliphatic rings. The Morgan fingerprint density at radius 3 is 1.93 bits per heavy atom. The summed E-state index contributed by atoms with van der Waals surface area (Å²) in [5, 5.41) is 8.35. The number of carbonyl (C=O) groups is 2. The second kappa shape index (κ2) is 9.98. The molecule has 0 aliphatic carbocycles. The number of rotatable bonds is 3. The minimum Gasteiger partial charge on any atom is -0.467 e. The second-order valence-corrected chi connectivity index (χ2v) is 2.36. The third-order valence-corrected chi connectivity index (χ3v) is 1.14. The molecule has 0 bridgehead atoms. The van der Waals surface area contributed by atoms with Crippen LogP contribution >= 0.6 is 0 Å². The third kappa shape index (κ3) is 10.9. The van der Waals surface area contributed by atoms with E-state index in [4.69, 9.17) is 5.11 Å². The Kier molecular flexibility index (Phi) is 11.0. The SMILES string of the molecule is CCOC(=O)CC.COC(=O)C(C)O. The van der Waals surface area contributed by atoms with E-state index in [0.29, 0.717) is 13.0 Å². The Morgan fingerprint density at radius 2 is 1.86 bits per heavy atom. The number of esters is 2. The summed E-state index contributed by atoms with van der Waals surface area (Å²) in [5.74, 6) is -0.720. The van der Waals surface area contributed by atoms with Gasteiger partial charge >= 0.3 is 11.9 Å². The van der Waals surface area contributed by atoms with Crippen molar-refractivity contribution in [2.45, 2.75) is 33.3 Å². The average Bonchev–Trinajstić information content (AvgIpc) is 2.17. The Labute approximate surface area is 84.0 Å². The largest absolute Gasteiger partial charge is 0.467 e. The van der Waals surface area contributed by atoms with Crippen LogP contribution in [-0.2, 0) is 19.1 Å². The van der Waals surface area contributed by atoms with Crippen molar-refractivity contribution in [2.24, 2.45) is 0 Å². The van der Waals surface area contributed by atoms with Crippen LogP contribution in [0.3, 0.4) is 0 Å². The van der Waals surface area contributed by atoms with E-state index >= 15 is 0 Å². The van der Waals surface area contributed by atoms with Crippen molar-refractivity contribution in [1.29, 1.82) is 0 Å². The fourth-order valence-electron chi connectivity index (χ4n) is 0.434. The molecule has 0 aromatic heterocycles. The van der Waals surface area contributed by atoms with Crippen molar-refractivity contribution in [3.05, 3.63) is 0 Å². The highest BCUT2D eigenvalue weighted by atomic mass is 16.5. The van der Waals surface area contributed by atoms with Gasteiger partial charge in [0, 0.05) is 6.42 Å². The van der Waals surface area contributed by atoms with E-state index in [9.17, 15) is 9.59 Å². The molecule has 0 heterocycles. The zero-order valence-corrected chi connectivity index (χ0v) is 9.07. The quantitative estimate of drug-likeness (QED) is 0.681. The molecule has 84 valence electrons. The molecule has 0 radical (unpaired) electrons. The number of aliphatic hydroxyl groups excluding tert-OH is 1. The standard InChI is InChI=1S/C5H10O2.C4H8O3/c1-3-5(6)7-4-2;1-3(5)4(6)7-2/h3-4H2,1-2H3;3,5H,1-2H3. The van der Waals surface area contributed by atoms with Crippen molar-refractivity contribution >= 4 is 11.9 Å². The maximum atomic E-state index is 10.2. The molecule has 0 rings (SSSR count). The molecule has 1 unspecified atom stereocenters. The van der Waals surface area contributed by atoms with Crippen molar-refractivity contribution in [3.8, 4) is 0 Å². The van der Waals surface area contributed by atoms with Gasteiger partial charge in [-0.2, -0.15) is 0 Å². The van der Waals surface area contributed by atoms with Crippen molar-refractivity contribution in [1.82, 2.24) is 0 Å². The summed E-state index contributed by atoms with van der Waals surface area (Å²) < 4.78 is 8.67. The molecule has 0 aromatic rings. The molecule has 0 aliphatic heterocycles. The fraction of sp³-hybridized carbons (Fsp3) is 0.778. The van der Waals surface area contributed by atoms with Crippen LogP contribution in [0.5, 0.6) is 0 Å². The Balaban J connectivity index is 0. The molecule has 5 nitrogen and oxygen atoms in total. The van der Waals surface area contributed by atoms with Crippen molar-refractivity contribution < 1.29 is 24.2 Å². The molecular formula is C9H18O5. The zero-order valence-electron chi connectivity index (χ0n) is 9.07. The summed E-state index contributed by atoms with van der Waals surface area (Å²) >= 11 is 0. The van der Waals surface area contributed by atoms with Gasteiger partial charge in [0.2, 0.25) is 0 Å². The number of hydrogen-bond donors (Lipinski definition) is 1. The summed E-state index contributed by atoms with van der Waals surface area (Å²) in [7, 11) is 1.23. The number of hydrogen-bond acceptors (Lipinski definition) is 5. The van der Waals surface area contributed by atoms with E-state index < -0.39 is 12.1 Å². The van der Waals surface area contributed by atoms with Crippen LogP contribution < -0.4 is 0 Å². The Hall–Kier alpha value is -1.10. The van der Waals surface area contributed by atoms with E-state index in [2.05, 4.69) is 9.47 Å². The van der Waals surface area contributed by atoms with Crippen LogP contribution in [0.4, 0.5) is 0 Å². The van der Waals surface area contributed by atoms with Gasteiger partial charge in [0.15, 0.2) is 0 Å². The first-order valence-electron chi connectivity index (χ1n) is 4.41. The first-order valence-corrected chi connectivity index (χ1v) is 4.41. The average molecular weight is 206 g/mol. The van der Waals surface area contributed by atoms with E-state index in [-0.39, 0.29) is 5.97 Å². The molecule has 14 heavy (non-hydrogen) atoms. The smallest absolute Gasteiger partial charge is 0.334 e. The van der Waals surface area contributed by atoms with E-state index in [1.54, 1.807) is 13.8 Å². The second-order valence-electron chi connectivity index (χ2n) is 2.36. The number of aliphatic hydroxyl groups is 1. The lowest BCUT2D eigenvalue weighted by atomic mass is 10.4. The van der Waals surface area contributed by atoms with Gasteiger partial charge in [-0.15, -0.1) is 0 Å². The zero-order chi connectivity index (χ0) is 11.6. The lowest BCUT2D eigenvalue weighted by Crippen LogP contribution is -2.16. The lowest BCUT2D eigenvalue weighted by molar-refractivity contribution is -0.149. The first kappa shape index (κ1) is 15.4. The van der Waals surface area contributed by atoms with Gasteiger partial charge in [-0.1, -0.05) is 6.92 Å². The van der Waals surface area contributed by atoms with Gasteiger partial charge in [-0.25, -0.2) is 4.79 Å². The van der Waals surface area contributed by atoms with E-state index in [1.807, 2.05) is 0 Å². The molecule has 0 saturated heterocycles. The monoisotopic (exact) mass is 206 g/mol. The van der Waals surface area contributed by atoms with Crippen LogP contribution in [-0.4, -0.2) is 36.9 Å². The van der Waals surface area contributed by atoms with Gasteiger partial charge in [0.1, 0.15) is 6.10 Å². The van der Waals surface area contributed by atoms with E-state index in [1.165, 1.54) is 14.0 Å². The van der Waals surface area contributed by atoms with Crippen LogP contribution in [0.2, 0.25) is 0 Å². The predicted molar refractivity (Wildman–Crippen MR) is 50.6 cm³/mol. The summed E-state index contributed by atoms with van der Waals surface area (Å²) in [6.45, 7) is 5.42. The topological polar surface area (TPSA) is 72.8 Å². The molecule has 1 atom stereocenters. The highest BCUT2D eigenvalue weighted by Gasteiger charge is 2.05. The van der Waals surface area contributed by atoms with Gasteiger partial charge in [-0.3, -0.25) is 4.79 Å². The van der Waals surface area contributed by atoms with Crippen molar-refractivity contribution in [2.75, 3.05) is 13.7 Å². The highest BCUT2D eigenvalue weighted by molar-refractivity contribution is 5.73. The van der Waals surface area contributed by atoms with Crippen LogP contribution in [0.25, 0.3) is 0 Å². The minimum absolute atomic E-state index is 0.123. The fourth-order valence-corrected chi connectivity index (χ4v) is 0.434. The maximum Gasteiger partial charge on any atom is 0.334 e. The van der Waals surface area contributed by atoms with Crippen molar-refractivity contribution in [3.63, 3.8) is 0 Å². The lowest BCUT2D eigenvalue weighted by Gasteiger charge is -1.97. The van der Waals surface area contributed by atoms with Crippen LogP contribution in [0, 0.1) is 0 Å². The van der Waals surface area contributed by atoms with Gasteiger partial charge in [0.25, 0.3) is 0 Å². The van der Waals surface area contributed by atoms with Gasteiger partial charge in [-0.05, 0) is 13.8 Å². The molecule has 0 amide bonds. The highest BCUT2D eigenvalue weighted by Crippen LogP contribution is 1.81. The van der Waals surface area contributed by atoms with Crippen LogP contribution in [0.15, 0.2) is 0 Å². The number of ether oxygens (including phenoxy) is 2. The molecule has 0 spiro atoms. The number of methoxy groups -OCH3 is 1. The Bertz CT molecular complexity index is 165. The van der Waals surface area contributed by atoms with Gasteiger partial charge < -0.3 is 14.6 Å². The summed E-state index contributed by atoms with van der Waals surface area (Å²) in [4.78, 5) is 20.2. The molecule has 0 fully saturated rings. The Morgan fingerprint density at radius 1 is 1.36 bits per heavy atom. The predicted octanol–water partition coefficient (Wildman–Crippen LogP) is 0.500. The van der Waals surface area contributed by atoms with Gasteiger partial charge in [0.05, 0.1) is 13.7 Å². The molecule has 0 aromatic carbocycles. The molecule has 1 N–H and O–H groups in total. The summed E-state index contributed by atoms with van der Waals surface area (Å²) in [6.07, 6.45) is -0.515. The summed E-state index contributed by atoms with van der Waals surface area (Å²) in [5.41, 5.74) is 0. The molecule has 5 heteroatoms. The maximum absolute atomic E-state index is 10.2. The third-order valence-electron chi connectivity index (χ3n) is 1.14. The van der Waals surface area contributed by atoms with Crippen LogP contribution in [0.1, 0.15) is 27.2 Å². The molecular weight excluding hydrogens is 188 g/mol. The molecule has 0 saturated carbocycles. The summed E-state index contributed by atoms with van der Waals surface area (Å²) in [6, 6.07) is 0. The number of carbonyl (C=O) groups excluding carboxylic acids is 2. The minimum atomic E-state index is -0.995. The van der Waals surface area contributed by atoms with E-state index in [0.717, 1.165) is 0 Å². The normalized spacial score (nSPS) is 10.6.